The SMILES string of the molecule is Cc1cc(N)cnc1N1CC2CCC1C2. The van der Waals surface area contributed by atoms with Crippen LogP contribution < -0.4 is 10.6 Å². The van der Waals surface area contributed by atoms with E-state index in [0.717, 1.165) is 23.5 Å². The van der Waals surface area contributed by atoms with Gasteiger partial charge in [-0.25, -0.2) is 4.98 Å². The van der Waals surface area contributed by atoms with Crippen molar-refractivity contribution in [3.63, 3.8) is 0 Å². The van der Waals surface area contributed by atoms with Crippen molar-refractivity contribution in [1.82, 2.24) is 4.98 Å². The van der Waals surface area contributed by atoms with Crippen LogP contribution in [0.2, 0.25) is 0 Å². The Hall–Kier alpha value is -1.25. The van der Waals surface area contributed by atoms with Crippen molar-refractivity contribution in [1.29, 1.82) is 0 Å². The Morgan fingerprint density at radius 3 is 2.93 bits per heavy atom. The zero-order valence-electron chi connectivity index (χ0n) is 9.11. The number of nitrogens with two attached hydrogens (primary N) is 1. The molecule has 0 radical (unpaired) electrons. The van der Waals surface area contributed by atoms with E-state index in [1.165, 1.54) is 31.4 Å². The van der Waals surface area contributed by atoms with Gasteiger partial charge in [-0.3, -0.25) is 0 Å². The van der Waals surface area contributed by atoms with E-state index in [2.05, 4.69) is 16.8 Å². The third-order valence-corrected chi connectivity index (χ3v) is 3.75. The van der Waals surface area contributed by atoms with Gasteiger partial charge in [0.25, 0.3) is 0 Å². The van der Waals surface area contributed by atoms with Crippen molar-refractivity contribution < 1.29 is 0 Å². The summed E-state index contributed by atoms with van der Waals surface area (Å²) in [6.45, 7) is 3.30. The van der Waals surface area contributed by atoms with Crippen molar-refractivity contribution in [2.24, 2.45) is 5.92 Å². The summed E-state index contributed by atoms with van der Waals surface area (Å²) < 4.78 is 0. The van der Waals surface area contributed by atoms with Gasteiger partial charge in [0.2, 0.25) is 0 Å². The minimum absolute atomic E-state index is 0.741. The lowest BCUT2D eigenvalue weighted by atomic mass is 10.1. The maximum absolute atomic E-state index is 5.72. The topological polar surface area (TPSA) is 42.1 Å². The van der Waals surface area contributed by atoms with Gasteiger partial charge in [0.15, 0.2) is 0 Å². The molecule has 1 aromatic rings. The van der Waals surface area contributed by atoms with Crippen LogP contribution in [0.5, 0.6) is 0 Å². The van der Waals surface area contributed by atoms with Gasteiger partial charge < -0.3 is 10.6 Å². The highest BCUT2D eigenvalue weighted by Gasteiger charge is 2.38. The zero-order chi connectivity index (χ0) is 10.4. The number of nitrogen functional groups attached to an aromatic ring is 1. The largest absolute Gasteiger partial charge is 0.397 e. The molecule has 3 heteroatoms. The average molecular weight is 203 g/mol. The van der Waals surface area contributed by atoms with Crippen molar-refractivity contribution in [3.8, 4) is 0 Å². The highest BCUT2D eigenvalue weighted by molar-refractivity contribution is 5.54. The maximum Gasteiger partial charge on any atom is 0.131 e. The summed E-state index contributed by atoms with van der Waals surface area (Å²) in [4.78, 5) is 6.95. The Morgan fingerprint density at radius 1 is 1.47 bits per heavy atom. The minimum atomic E-state index is 0.741. The number of piperidine rings is 1. The number of nitrogens with zero attached hydrogens (tertiary/aromatic N) is 2. The number of hydrogen-bond acceptors (Lipinski definition) is 3. The molecule has 2 aliphatic rings. The quantitative estimate of drug-likeness (QED) is 0.758. The van der Waals surface area contributed by atoms with Gasteiger partial charge in [-0.15, -0.1) is 0 Å². The first-order valence-electron chi connectivity index (χ1n) is 5.73. The molecule has 2 fully saturated rings. The number of rotatable bonds is 1. The van der Waals surface area contributed by atoms with Gasteiger partial charge in [0.1, 0.15) is 5.82 Å². The molecule has 15 heavy (non-hydrogen) atoms. The molecule has 2 unspecified atom stereocenters. The van der Waals surface area contributed by atoms with Crippen LogP contribution in [0.3, 0.4) is 0 Å². The fraction of sp³-hybridized carbons (Fsp3) is 0.583. The Morgan fingerprint density at radius 2 is 2.33 bits per heavy atom. The van der Waals surface area contributed by atoms with E-state index in [1.54, 1.807) is 6.20 Å². The standard InChI is InChI=1S/C12H17N3/c1-8-4-10(13)6-14-12(8)15-7-9-2-3-11(15)5-9/h4,6,9,11H,2-3,5,7,13H2,1H3. The summed E-state index contributed by atoms with van der Waals surface area (Å²) in [6.07, 6.45) is 5.89. The van der Waals surface area contributed by atoms with E-state index in [9.17, 15) is 0 Å². The number of pyridine rings is 1. The molecular formula is C12H17N3. The summed E-state index contributed by atoms with van der Waals surface area (Å²) in [5, 5.41) is 0. The summed E-state index contributed by atoms with van der Waals surface area (Å²) in [7, 11) is 0. The predicted molar refractivity (Wildman–Crippen MR) is 61.9 cm³/mol. The lowest BCUT2D eigenvalue weighted by Crippen LogP contribution is -2.33. The lowest BCUT2D eigenvalue weighted by Gasteiger charge is -2.29. The van der Waals surface area contributed by atoms with Crippen LogP contribution in [0, 0.1) is 12.8 Å². The molecule has 1 saturated carbocycles. The van der Waals surface area contributed by atoms with Crippen molar-refractivity contribution in [2.75, 3.05) is 17.2 Å². The number of aromatic nitrogens is 1. The first kappa shape index (κ1) is 9.01. The molecule has 1 aromatic heterocycles. The van der Waals surface area contributed by atoms with E-state index in [-0.39, 0.29) is 0 Å². The van der Waals surface area contributed by atoms with Crippen molar-refractivity contribution in [3.05, 3.63) is 17.8 Å². The fourth-order valence-electron chi connectivity index (χ4n) is 3.07. The number of aryl methyl sites for hydroxylation is 1. The van der Waals surface area contributed by atoms with Crippen LogP contribution in [-0.2, 0) is 0 Å². The summed E-state index contributed by atoms with van der Waals surface area (Å²) in [5.74, 6) is 2.06. The van der Waals surface area contributed by atoms with Gasteiger partial charge in [-0.1, -0.05) is 0 Å². The molecule has 2 N–H and O–H groups in total. The van der Waals surface area contributed by atoms with Gasteiger partial charge in [-0.2, -0.15) is 0 Å². The van der Waals surface area contributed by atoms with Gasteiger partial charge in [0.05, 0.1) is 11.9 Å². The molecule has 1 aliphatic heterocycles. The van der Waals surface area contributed by atoms with Crippen LogP contribution in [0.4, 0.5) is 11.5 Å². The monoisotopic (exact) mass is 203 g/mol. The molecule has 2 bridgehead atoms. The Kier molecular flexibility index (Phi) is 1.87. The molecule has 3 rings (SSSR count). The average Bonchev–Trinajstić information content (AvgIpc) is 2.78. The number of hydrogen-bond donors (Lipinski definition) is 1. The normalized spacial score (nSPS) is 28.7. The second-order valence-corrected chi connectivity index (χ2v) is 4.89. The molecule has 2 heterocycles. The number of fused-ring (bicyclic) bond motifs is 2. The van der Waals surface area contributed by atoms with Gasteiger partial charge in [0, 0.05) is 12.6 Å². The number of anilines is 2. The summed E-state index contributed by atoms with van der Waals surface area (Å²) >= 11 is 0. The third kappa shape index (κ3) is 1.37. The van der Waals surface area contributed by atoms with E-state index in [4.69, 9.17) is 5.73 Å². The highest BCUT2D eigenvalue weighted by atomic mass is 15.2. The predicted octanol–water partition coefficient (Wildman–Crippen LogP) is 1.96. The van der Waals surface area contributed by atoms with E-state index < -0.39 is 0 Å². The van der Waals surface area contributed by atoms with Crippen LogP contribution in [0.25, 0.3) is 0 Å². The van der Waals surface area contributed by atoms with Crippen molar-refractivity contribution >= 4 is 11.5 Å². The van der Waals surface area contributed by atoms with E-state index in [1.807, 2.05) is 6.07 Å². The third-order valence-electron chi connectivity index (χ3n) is 3.75. The van der Waals surface area contributed by atoms with Gasteiger partial charge in [-0.05, 0) is 43.7 Å². The molecule has 0 spiro atoms. The highest BCUT2D eigenvalue weighted by Crippen LogP contribution is 2.40. The van der Waals surface area contributed by atoms with Crippen molar-refractivity contribution in [2.45, 2.75) is 32.2 Å². The smallest absolute Gasteiger partial charge is 0.131 e. The molecule has 1 aliphatic carbocycles. The molecule has 0 amide bonds. The summed E-state index contributed by atoms with van der Waals surface area (Å²) in [5.41, 5.74) is 7.70. The Labute approximate surface area is 90.3 Å². The summed E-state index contributed by atoms with van der Waals surface area (Å²) in [6, 6.07) is 2.76. The lowest BCUT2D eigenvalue weighted by molar-refractivity contribution is 0.550. The Balaban J connectivity index is 1.93. The first-order valence-corrected chi connectivity index (χ1v) is 5.73. The van der Waals surface area contributed by atoms with Gasteiger partial charge >= 0.3 is 0 Å². The van der Waals surface area contributed by atoms with Crippen LogP contribution in [0.1, 0.15) is 24.8 Å². The fourth-order valence-corrected chi connectivity index (χ4v) is 3.07. The zero-order valence-corrected chi connectivity index (χ0v) is 9.11. The molecule has 1 saturated heterocycles. The van der Waals surface area contributed by atoms with Crippen LogP contribution in [0.15, 0.2) is 12.3 Å². The first-order chi connectivity index (χ1) is 7.24. The maximum atomic E-state index is 5.72. The minimum Gasteiger partial charge on any atom is -0.397 e. The van der Waals surface area contributed by atoms with Crippen LogP contribution in [-0.4, -0.2) is 17.6 Å². The molecule has 0 aromatic carbocycles. The molecule has 2 atom stereocenters. The van der Waals surface area contributed by atoms with Crippen LogP contribution >= 0.6 is 0 Å². The second kappa shape index (κ2) is 3.12. The second-order valence-electron chi connectivity index (χ2n) is 4.89. The van der Waals surface area contributed by atoms with E-state index in [0.29, 0.717) is 0 Å². The molecule has 3 nitrogen and oxygen atoms in total. The molecular weight excluding hydrogens is 186 g/mol. The van der Waals surface area contributed by atoms with E-state index >= 15 is 0 Å². The Bertz CT molecular complexity index is 388. The molecule has 80 valence electrons.